The predicted molar refractivity (Wildman–Crippen MR) is 36.3 cm³/mol. The van der Waals surface area contributed by atoms with Gasteiger partial charge in [0.1, 0.15) is 0 Å². The van der Waals surface area contributed by atoms with E-state index in [0.717, 1.165) is 0 Å². The Morgan fingerprint density at radius 1 is 1.09 bits per heavy atom. The maximum Gasteiger partial charge on any atom is 0.294 e. The summed E-state index contributed by atoms with van der Waals surface area (Å²) >= 11 is 0. The van der Waals surface area contributed by atoms with Crippen LogP contribution in [0.15, 0.2) is 35.2 Å². The molecule has 0 saturated heterocycles. The summed E-state index contributed by atoms with van der Waals surface area (Å²) in [5, 5.41) is 0. The minimum Gasteiger partial charge on any atom is -0.282 e. The van der Waals surface area contributed by atoms with Crippen molar-refractivity contribution < 1.29 is 33.4 Å². The second-order valence-corrected chi connectivity index (χ2v) is 3.21. The maximum absolute atomic E-state index is 10.4. The molecule has 0 spiro atoms. The average Bonchev–Trinajstić information content (AvgIpc) is 1.88. The molecule has 0 atom stereocenters. The number of benzene rings is 1. The molecule has 0 aliphatic heterocycles. The zero-order valence-corrected chi connectivity index (χ0v) is 7.75. The first kappa shape index (κ1) is 10.8. The van der Waals surface area contributed by atoms with Crippen molar-refractivity contribution in [2.75, 3.05) is 0 Å². The number of hydrogen-bond donors (Lipinski definition) is 1. The van der Waals surface area contributed by atoms with Crippen LogP contribution in [-0.4, -0.2) is 13.0 Å². The van der Waals surface area contributed by atoms with Crippen molar-refractivity contribution in [1.29, 1.82) is 0 Å². The summed E-state index contributed by atoms with van der Waals surface area (Å²) in [6.45, 7) is 0. The van der Waals surface area contributed by atoms with E-state index in [1.807, 2.05) is 0 Å². The van der Waals surface area contributed by atoms with Gasteiger partial charge in [0.15, 0.2) is 0 Å². The molecule has 0 amide bonds. The molecule has 0 aliphatic rings. The van der Waals surface area contributed by atoms with Gasteiger partial charge in [-0.3, -0.25) is 4.55 Å². The molecule has 11 heavy (non-hydrogen) atoms. The Bertz CT molecular complexity index is 306. The molecule has 0 aliphatic carbocycles. The fourth-order valence-electron chi connectivity index (χ4n) is 0.592. The third kappa shape index (κ3) is 3.13. The van der Waals surface area contributed by atoms with Crippen LogP contribution < -0.4 is 0 Å². The van der Waals surface area contributed by atoms with Crippen LogP contribution in [0.5, 0.6) is 0 Å². The molecule has 0 aromatic heterocycles. The van der Waals surface area contributed by atoms with Gasteiger partial charge in [-0.25, -0.2) is 0 Å². The minimum absolute atomic E-state index is 0. The van der Waals surface area contributed by atoms with Gasteiger partial charge in [-0.05, 0) is 12.1 Å². The van der Waals surface area contributed by atoms with E-state index in [1.54, 1.807) is 18.2 Å². The van der Waals surface area contributed by atoms with Crippen molar-refractivity contribution >= 4 is 10.1 Å². The second-order valence-electron chi connectivity index (χ2n) is 1.79. The third-order valence-electron chi connectivity index (χ3n) is 1.04. The monoisotopic (exact) mass is 264 g/mol. The van der Waals surface area contributed by atoms with E-state index < -0.39 is 10.1 Å². The average molecular weight is 265 g/mol. The third-order valence-corrected chi connectivity index (χ3v) is 1.91. The van der Waals surface area contributed by atoms with Crippen LogP contribution >= 0.6 is 0 Å². The standard InChI is InChI=1S/C6H6O3S.Pd/c7-10(8,9)6-4-2-1-3-5-6;/h1-5H,(H,7,8,9);. The summed E-state index contributed by atoms with van der Waals surface area (Å²) in [6, 6.07) is 7.42. The Hall–Kier alpha value is -0.208. The van der Waals surface area contributed by atoms with Crippen LogP contribution in [-0.2, 0) is 30.5 Å². The Morgan fingerprint density at radius 3 is 1.82 bits per heavy atom. The van der Waals surface area contributed by atoms with Crippen LogP contribution in [0.3, 0.4) is 0 Å². The molecule has 0 unspecified atom stereocenters. The van der Waals surface area contributed by atoms with Gasteiger partial charge in [0.25, 0.3) is 10.1 Å². The number of rotatable bonds is 1. The Balaban J connectivity index is 0.000001000. The molecule has 64 valence electrons. The summed E-state index contributed by atoms with van der Waals surface area (Å²) in [5.74, 6) is 0. The molecule has 1 aromatic rings. The summed E-state index contributed by atoms with van der Waals surface area (Å²) in [4.78, 5) is -0.0741. The molecular formula is C6H6O3PdS. The van der Waals surface area contributed by atoms with Gasteiger partial charge in [0, 0.05) is 20.4 Å². The van der Waals surface area contributed by atoms with E-state index >= 15 is 0 Å². The summed E-state index contributed by atoms with van der Waals surface area (Å²) in [5.41, 5.74) is 0. The first-order chi connectivity index (χ1) is 4.61. The minimum atomic E-state index is -4.00. The molecular weight excluding hydrogens is 259 g/mol. The molecule has 1 N–H and O–H groups in total. The van der Waals surface area contributed by atoms with Crippen LogP contribution in [0, 0.1) is 0 Å². The second kappa shape index (κ2) is 3.98. The smallest absolute Gasteiger partial charge is 0.282 e. The molecule has 5 heteroatoms. The molecule has 0 saturated carbocycles. The number of hydrogen-bond acceptors (Lipinski definition) is 2. The van der Waals surface area contributed by atoms with Crippen molar-refractivity contribution in [1.82, 2.24) is 0 Å². The largest absolute Gasteiger partial charge is 0.294 e. The zero-order valence-electron chi connectivity index (χ0n) is 5.37. The van der Waals surface area contributed by atoms with Crippen LogP contribution in [0.2, 0.25) is 0 Å². The van der Waals surface area contributed by atoms with Crippen molar-refractivity contribution in [3.8, 4) is 0 Å². The first-order valence-corrected chi connectivity index (χ1v) is 4.07. The van der Waals surface area contributed by atoms with E-state index in [0.29, 0.717) is 0 Å². The van der Waals surface area contributed by atoms with Gasteiger partial charge in [-0.15, -0.1) is 0 Å². The molecule has 0 heterocycles. The zero-order chi connectivity index (χ0) is 7.61. The van der Waals surface area contributed by atoms with E-state index in [4.69, 9.17) is 4.55 Å². The van der Waals surface area contributed by atoms with Gasteiger partial charge in [0.2, 0.25) is 0 Å². The van der Waals surface area contributed by atoms with Crippen molar-refractivity contribution in [2.24, 2.45) is 0 Å². The maximum atomic E-state index is 10.4. The van der Waals surface area contributed by atoms with Crippen LogP contribution in [0.4, 0.5) is 0 Å². The van der Waals surface area contributed by atoms with E-state index in [2.05, 4.69) is 0 Å². The molecule has 0 fully saturated rings. The van der Waals surface area contributed by atoms with Gasteiger partial charge in [-0.2, -0.15) is 8.42 Å². The van der Waals surface area contributed by atoms with Crippen LogP contribution in [0.25, 0.3) is 0 Å². The normalized spacial score (nSPS) is 10.3. The predicted octanol–water partition coefficient (Wildman–Crippen LogP) is 0.931. The Labute approximate surface area is 78.8 Å². The fourth-order valence-corrected chi connectivity index (χ4v) is 1.09. The van der Waals surface area contributed by atoms with Gasteiger partial charge in [0.05, 0.1) is 4.90 Å². The Morgan fingerprint density at radius 2 is 1.55 bits per heavy atom. The van der Waals surface area contributed by atoms with Crippen molar-refractivity contribution in [2.45, 2.75) is 4.90 Å². The van der Waals surface area contributed by atoms with Gasteiger partial charge < -0.3 is 0 Å². The van der Waals surface area contributed by atoms with Gasteiger partial charge >= 0.3 is 0 Å². The summed E-state index contributed by atoms with van der Waals surface area (Å²) < 4.78 is 29.2. The molecule has 0 radical (unpaired) electrons. The van der Waals surface area contributed by atoms with Crippen molar-refractivity contribution in [3.05, 3.63) is 30.3 Å². The van der Waals surface area contributed by atoms with E-state index in [1.165, 1.54) is 12.1 Å². The topological polar surface area (TPSA) is 54.4 Å². The SMILES string of the molecule is O=S(=O)(O)c1ccccc1.[Pd]. The summed E-state index contributed by atoms with van der Waals surface area (Å²) in [6.07, 6.45) is 0. The van der Waals surface area contributed by atoms with Crippen LogP contribution in [0.1, 0.15) is 0 Å². The fraction of sp³-hybridized carbons (Fsp3) is 0. The molecule has 0 bridgehead atoms. The molecule has 1 rings (SSSR count). The molecule has 1 aromatic carbocycles. The quantitative estimate of drug-likeness (QED) is 0.606. The van der Waals surface area contributed by atoms with Gasteiger partial charge in [-0.1, -0.05) is 18.2 Å². The first-order valence-electron chi connectivity index (χ1n) is 2.63. The van der Waals surface area contributed by atoms with E-state index in [9.17, 15) is 8.42 Å². The van der Waals surface area contributed by atoms with E-state index in [-0.39, 0.29) is 25.3 Å². The molecule has 3 nitrogen and oxygen atoms in total. The van der Waals surface area contributed by atoms with Crippen molar-refractivity contribution in [3.63, 3.8) is 0 Å². The summed E-state index contributed by atoms with van der Waals surface area (Å²) in [7, 11) is -4.00. The Kier molecular flexibility index (Phi) is 3.90.